The summed E-state index contributed by atoms with van der Waals surface area (Å²) < 4.78 is 8.39. The molecule has 0 unspecified atom stereocenters. The molecule has 5 heteroatoms. The van der Waals surface area contributed by atoms with Crippen LogP contribution in [0.2, 0.25) is 0 Å². The van der Waals surface area contributed by atoms with Crippen molar-refractivity contribution in [2.75, 3.05) is 32.8 Å². The fourth-order valence-electron chi connectivity index (χ4n) is 4.09. The summed E-state index contributed by atoms with van der Waals surface area (Å²) in [6, 6.07) is 13.9. The molecular weight excluding hydrogens is 326 g/mol. The van der Waals surface area contributed by atoms with E-state index in [1.54, 1.807) is 0 Å². The van der Waals surface area contributed by atoms with Gasteiger partial charge in [-0.2, -0.15) is 0 Å². The molecular formula is C21H27N3O2. The van der Waals surface area contributed by atoms with Crippen LogP contribution >= 0.6 is 0 Å². The van der Waals surface area contributed by atoms with E-state index in [9.17, 15) is 4.79 Å². The second-order valence-corrected chi connectivity index (χ2v) is 7.51. The summed E-state index contributed by atoms with van der Waals surface area (Å²) in [6.45, 7) is 5.03. The van der Waals surface area contributed by atoms with Gasteiger partial charge in [-0.05, 0) is 37.1 Å². The Morgan fingerprint density at radius 2 is 1.85 bits per heavy atom. The number of carbonyl (C=O) groups excluding carboxylic acids is 1. The van der Waals surface area contributed by atoms with Gasteiger partial charge in [0.05, 0.1) is 18.8 Å². The fraction of sp³-hybridized carbons (Fsp3) is 0.476. The molecule has 0 aliphatic carbocycles. The van der Waals surface area contributed by atoms with Gasteiger partial charge < -0.3 is 14.2 Å². The highest BCUT2D eigenvalue weighted by atomic mass is 16.5. The first kappa shape index (κ1) is 17.3. The fourth-order valence-corrected chi connectivity index (χ4v) is 4.09. The maximum Gasteiger partial charge on any atom is 0.254 e. The van der Waals surface area contributed by atoms with E-state index in [2.05, 4.69) is 34.8 Å². The third kappa shape index (κ3) is 3.55. The number of rotatable bonds is 3. The van der Waals surface area contributed by atoms with E-state index in [4.69, 9.17) is 4.74 Å². The Morgan fingerprint density at radius 1 is 1.08 bits per heavy atom. The number of carbonyl (C=O) groups is 1. The molecule has 2 saturated heterocycles. The number of amides is 1. The Labute approximate surface area is 155 Å². The van der Waals surface area contributed by atoms with Crippen LogP contribution in [0.3, 0.4) is 0 Å². The molecule has 1 spiro atoms. The van der Waals surface area contributed by atoms with Crippen LogP contribution in [0.15, 0.2) is 48.7 Å². The minimum absolute atomic E-state index is 0.125. The Morgan fingerprint density at radius 3 is 2.54 bits per heavy atom. The number of aromatic nitrogens is 1. The molecule has 1 aromatic heterocycles. The third-order valence-corrected chi connectivity index (χ3v) is 5.76. The molecule has 1 aromatic carbocycles. The Balaban J connectivity index is 1.37. The molecule has 2 fully saturated rings. The van der Waals surface area contributed by atoms with E-state index >= 15 is 0 Å². The average molecular weight is 353 g/mol. The number of aryl methyl sites for hydroxylation is 1. The van der Waals surface area contributed by atoms with E-state index in [1.807, 2.05) is 35.2 Å². The molecule has 26 heavy (non-hydrogen) atoms. The number of nitrogens with zero attached hydrogens (tertiary/aromatic N) is 3. The van der Waals surface area contributed by atoms with Gasteiger partial charge in [0.2, 0.25) is 0 Å². The van der Waals surface area contributed by atoms with Gasteiger partial charge in [0.15, 0.2) is 0 Å². The second-order valence-electron chi connectivity index (χ2n) is 7.51. The first-order valence-corrected chi connectivity index (χ1v) is 9.46. The van der Waals surface area contributed by atoms with Crippen LogP contribution < -0.4 is 0 Å². The zero-order chi connectivity index (χ0) is 18.0. The molecule has 0 bridgehead atoms. The van der Waals surface area contributed by atoms with Crippen molar-refractivity contribution in [3.8, 4) is 0 Å². The lowest BCUT2D eigenvalue weighted by Gasteiger charge is -2.47. The van der Waals surface area contributed by atoms with Crippen molar-refractivity contribution in [1.82, 2.24) is 14.4 Å². The molecule has 0 N–H and O–H groups in total. The predicted octanol–water partition coefficient (Wildman–Crippen LogP) is 2.53. The van der Waals surface area contributed by atoms with E-state index < -0.39 is 0 Å². The number of morpholine rings is 1. The molecule has 0 saturated carbocycles. The third-order valence-electron chi connectivity index (χ3n) is 5.76. The number of piperidine rings is 1. The Kier molecular flexibility index (Phi) is 4.83. The summed E-state index contributed by atoms with van der Waals surface area (Å²) in [5.74, 6) is 0.125. The monoisotopic (exact) mass is 353 g/mol. The smallest absolute Gasteiger partial charge is 0.254 e. The van der Waals surface area contributed by atoms with Crippen molar-refractivity contribution < 1.29 is 9.53 Å². The van der Waals surface area contributed by atoms with Crippen LogP contribution in [-0.4, -0.2) is 58.7 Å². The van der Waals surface area contributed by atoms with Crippen LogP contribution in [0.25, 0.3) is 0 Å². The Bertz CT molecular complexity index is 748. The zero-order valence-electron chi connectivity index (χ0n) is 15.4. The highest BCUT2D eigenvalue weighted by molar-refractivity contribution is 5.94. The van der Waals surface area contributed by atoms with Gasteiger partial charge in [-0.3, -0.25) is 9.69 Å². The minimum Gasteiger partial charge on any atom is -0.371 e. The van der Waals surface area contributed by atoms with Gasteiger partial charge in [-0.25, -0.2) is 0 Å². The molecule has 2 aliphatic rings. The summed E-state index contributed by atoms with van der Waals surface area (Å²) in [6.07, 6.45) is 4.06. The number of likely N-dealkylation sites (tertiary alicyclic amines) is 1. The first-order valence-electron chi connectivity index (χ1n) is 9.46. The summed E-state index contributed by atoms with van der Waals surface area (Å²) in [4.78, 5) is 17.3. The van der Waals surface area contributed by atoms with Crippen molar-refractivity contribution in [1.29, 1.82) is 0 Å². The van der Waals surface area contributed by atoms with Gasteiger partial charge in [0.1, 0.15) is 0 Å². The number of benzene rings is 1. The van der Waals surface area contributed by atoms with Crippen molar-refractivity contribution in [2.45, 2.75) is 25.0 Å². The summed E-state index contributed by atoms with van der Waals surface area (Å²) in [5.41, 5.74) is 1.94. The number of hydrogen-bond donors (Lipinski definition) is 0. The van der Waals surface area contributed by atoms with Gasteiger partial charge in [0, 0.05) is 50.7 Å². The van der Waals surface area contributed by atoms with E-state index in [0.717, 1.165) is 38.0 Å². The molecule has 0 atom stereocenters. The molecule has 1 amide bonds. The van der Waals surface area contributed by atoms with Gasteiger partial charge in [0.25, 0.3) is 5.91 Å². The molecule has 2 aromatic rings. The van der Waals surface area contributed by atoms with Crippen molar-refractivity contribution in [3.05, 3.63) is 59.9 Å². The van der Waals surface area contributed by atoms with E-state index in [0.29, 0.717) is 19.7 Å². The summed E-state index contributed by atoms with van der Waals surface area (Å²) >= 11 is 0. The van der Waals surface area contributed by atoms with E-state index in [1.165, 1.54) is 5.69 Å². The van der Waals surface area contributed by atoms with E-state index in [-0.39, 0.29) is 11.5 Å². The van der Waals surface area contributed by atoms with Gasteiger partial charge in [-0.15, -0.1) is 0 Å². The second kappa shape index (κ2) is 7.25. The molecule has 138 valence electrons. The van der Waals surface area contributed by atoms with Crippen molar-refractivity contribution in [3.63, 3.8) is 0 Å². The lowest BCUT2D eigenvalue weighted by atomic mass is 9.89. The average Bonchev–Trinajstić information content (AvgIpc) is 3.09. The predicted molar refractivity (Wildman–Crippen MR) is 101 cm³/mol. The maximum atomic E-state index is 12.8. The van der Waals surface area contributed by atoms with Gasteiger partial charge in [-0.1, -0.05) is 18.2 Å². The van der Waals surface area contributed by atoms with Crippen LogP contribution in [0.4, 0.5) is 0 Å². The van der Waals surface area contributed by atoms with Gasteiger partial charge >= 0.3 is 0 Å². The molecule has 2 aliphatic heterocycles. The maximum absolute atomic E-state index is 12.8. The molecule has 5 nitrogen and oxygen atoms in total. The normalized spacial score (nSPS) is 20.4. The molecule has 4 rings (SSSR count). The lowest BCUT2D eigenvalue weighted by molar-refractivity contribution is -0.128. The minimum atomic E-state index is -0.173. The standard InChI is InChI=1S/C21H27N3O2/c1-22-11-5-8-19(22)16-23-12-9-21(10-13-23)17-24(14-15-26-21)20(25)18-6-3-2-4-7-18/h2-8,11H,9-10,12-17H2,1H3. The number of hydrogen-bond acceptors (Lipinski definition) is 3. The first-order chi connectivity index (χ1) is 12.7. The Hall–Kier alpha value is -2.11. The van der Waals surface area contributed by atoms with Crippen molar-refractivity contribution in [2.24, 2.45) is 7.05 Å². The SMILES string of the molecule is Cn1cccc1CN1CCC2(CC1)CN(C(=O)c1ccccc1)CCO2. The van der Waals surface area contributed by atoms with Crippen LogP contribution in [0, 0.1) is 0 Å². The lowest BCUT2D eigenvalue weighted by Crippen LogP contribution is -2.57. The summed E-state index contributed by atoms with van der Waals surface area (Å²) in [5, 5.41) is 0. The topological polar surface area (TPSA) is 37.7 Å². The van der Waals surface area contributed by atoms with Crippen LogP contribution in [0.1, 0.15) is 28.9 Å². The largest absolute Gasteiger partial charge is 0.371 e. The molecule has 3 heterocycles. The molecule has 0 radical (unpaired) electrons. The number of ether oxygens (including phenoxy) is 1. The summed E-state index contributed by atoms with van der Waals surface area (Å²) in [7, 11) is 2.10. The zero-order valence-corrected chi connectivity index (χ0v) is 15.4. The quantitative estimate of drug-likeness (QED) is 0.851. The van der Waals surface area contributed by atoms with Crippen LogP contribution in [-0.2, 0) is 18.3 Å². The van der Waals surface area contributed by atoms with Crippen molar-refractivity contribution >= 4 is 5.91 Å². The highest BCUT2D eigenvalue weighted by Crippen LogP contribution is 2.31. The highest BCUT2D eigenvalue weighted by Gasteiger charge is 2.41. The van der Waals surface area contributed by atoms with Crippen LogP contribution in [0.5, 0.6) is 0 Å².